The zero-order chi connectivity index (χ0) is 28.1. The minimum absolute atomic E-state index is 0.168. The first-order chi connectivity index (χ1) is 18.7. The summed E-state index contributed by atoms with van der Waals surface area (Å²) in [6.07, 6.45) is 1.55. The highest BCUT2D eigenvalue weighted by molar-refractivity contribution is 9.10. The van der Waals surface area contributed by atoms with Crippen LogP contribution in [0, 0.1) is 0 Å². The summed E-state index contributed by atoms with van der Waals surface area (Å²) in [5.41, 5.74) is 1.84. The molecule has 0 bridgehead atoms. The molecule has 0 radical (unpaired) electrons. The van der Waals surface area contributed by atoms with Gasteiger partial charge in [-0.25, -0.2) is 0 Å². The fourth-order valence-corrected chi connectivity index (χ4v) is 5.43. The van der Waals surface area contributed by atoms with Gasteiger partial charge < -0.3 is 19.5 Å². The van der Waals surface area contributed by atoms with Crippen LogP contribution in [0.4, 0.5) is 10.5 Å². The summed E-state index contributed by atoms with van der Waals surface area (Å²) in [6.45, 7) is -0.247. The lowest BCUT2D eigenvalue weighted by molar-refractivity contribution is -0.127. The third-order valence-corrected chi connectivity index (χ3v) is 7.57. The molecule has 3 aromatic carbocycles. The van der Waals surface area contributed by atoms with E-state index in [1.54, 1.807) is 60.7 Å². The fourth-order valence-electron chi connectivity index (χ4n) is 3.56. The predicted molar refractivity (Wildman–Crippen MR) is 156 cm³/mol. The fraction of sp³-hybridized carbons (Fsp3) is 0.148. The number of methoxy groups -OCH3 is 2. The average Bonchev–Trinajstić information content (AvgIpc) is 3.16. The number of ether oxygens (including phenoxy) is 3. The van der Waals surface area contributed by atoms with Gasteiger partial charge in [-0.1, -0.05) is 29.3 Å². The Labute approximate surface area is 247 Å². The SMILES string of the molecule is COc1ccc(NC(=O)CN2C(=O)S/C(=C/c3cc(Br)c(OCc4ccc(Cl)cc4Cl)c(OC)c3)C2=O)cc1. The second-order valence-electron chi connectivity index (χ2n) is 8.10. The van der Waals surface area contributed by atoms with Crippen LogP contribution in [-0.2, 0) is 16.2 Å². The normalized spacial score (nSPS) is 14.1. The van der Waals surface area contributed by atoms with E-state index in [2.05, 4.69) is 21.2 Å². The number of nitrogens with one attached hydrogen (secondary N) is 1. The van der Waals surface area contributed by atoms with Crippen LogP contribution in [0.1, 0.15) is 11.1 Å². The minimum Gasteiger partial charge on any atom is -0.497 e. The lowest BCUT2D eigenvalue weighted by Crippen LogP contribution is -2.36. The van der Waals surface area contributed by atoms with Crippen LogP contribution in [0.15, 0.2) is 64.0 Å². The molecule has 12 heteroatoms. The van der Waals surface area contributed by atoms with E-state index in [9.17, 15) is 14.4 Å². The number of imide groups is 1. The van der Waals surface area contributed by atoms with E-state index in [-0.39, 0.29) is 11.5 Å². The van der Waals surface area contributed by atoms with Gasteiger partial charge in [0.2, 0.25) is 5.91 Å². The smallest absolute Gasteiger partial charge is 0.294 e. The van der Waals surface area contributed by atoms with Crippen LogP contribution in [0.25, 0.3) is 6.08 Å². The van der Waals surface area contributed by atoms with Crippen LogP contribution in [-0.4, -0.2) is 42.7 Å². The monoisotopic (exact) mass is 650 g/mol. The Hall–Kier alpha value is -3.18. The number of anilines is 1. The molecule has 1 aliphatic rings. The van der Waals surface area contributed by atoms with E-state index in [1.807, 2.05) is 0 Å². The van der Waals surface area contributed by atoms with Gasteiger partial charge in [-0.2, -0.15) is 0 Å². The van der Waals surface area contributed by atoms with Gasteiger partial charge in [0.1, 0.15) is 18.9 Å². The Morgan fingerprint density at radius 3 is 2.46 bits per heavy atom. The minimum atomic E-state index is -0.567. The first kappa shape index (κ1) is 28.8. The molecule has 0 aliphatic carbocycles. The van der Waals surface area contributed by atoms with Gasteiger partial charge in [-0.15, -0.1) is 0 Å². The molecule has 1 N–H and O–H groups in total. The van der Waals surface area contributed by atoms with Crippen LogP contribution in [0.5, 0.6) is 17.2 Å². The molecule has 0 atom stereocenters. The summed E-state index contributed by atoms with van der Waals surface area (Å²) in [7, 11) is 3.03. The number of thioether (sulfide) groups is 1. The Bertz CT molecular complexity index is 1470. The maximum Gasteiger partial charge on any atom is 0.294 e. The number of benzene rings is 3. The maximum atomic E-state index is 12.9. The Balaban J connectivity index is 1.46. The second kappa shape index (κ2) is 12.8. The maximum absolute atomic E-state index is 12.9. The highest BCUT2D eigenvalue weighted by atomic mass is 79.9. The van der Waals surface area contributed by atoms with Crippen molar-refractivity contribution in [2.24, 2.45) is 0 Å². The zero-order valence-corrected chi connectivity index (χ0v) is 24.5. The first-order valence-corrected chi connectivity index (χ1v) is 13.7. The Morgan fingerprint density at radius 1 is 1.05 bits per heavy atom. The molecule has 8 nitrogen and oxygen atoms in total. The molecule has 202 valence electrons. The van der Waals surface area contributed by atoms with Gasteiger partial charge >= 0.3 is 0 Å². The molecule has 0 unspecified atom stereocenters. The molecule has 1 aliphatic heterocycles. The summed E-state index contributed by atoms with van der Waals surface area (Å²) in [6, 6.07) is 15.2. The van der Waals surface area contributed by atoms with Gasteiger partial charge in [0.25, 0.3) is 11.1 Å². The summed E-state index contributed by atoms with van der Waals surface area (Å²) >= 11 is 16.4. The van der Waals surface area contributed by atoms with Gasteiger partial charge in [0.05, 0.1) is 23.6 Å². The van der Waals surface area contributed by atoms with Crippen molar-refractivity contribution >= 4 is 79.7 Å². The molecule has 0 spiro atoms. The zero-order valence-electron chi connectivity index (χ0n) is 20.6. The predicted octanol–water partition coefficient (Wildman–Crippen LogP) is 7.03. The third-order valence-electron chi connectivity index (χ3n) is 5.49. The van der Waals surface area contributed by atoms with Crippen LogP contribution in [0.3, 0.4) is 0 Å². The number of nitrogens with zero attached hydrogens (tertiary/aromatic N) is 1. The van der Waals surface area contributed by atoms with Crippen molar-refractivity contribution in [3.05, 3.63) is 85.1 Å². The van der Waals surface area contributed by atoms with E-state index < -0.39 is 23.6 Å². The third kappa shape index (κ3) is 7.07. The number of carbonyl (C=O) groups excluding carboxylic acids is 3. The Morgan fingerprint density at radius 2 is 1.79 bits per heavy atom. The van der Waals surface area contributed by atoms with Crippen molar-refractivity contribution in [1.29, 1.82) is 0 Å². The number of amides is 3. The first-order valence-electron chi connectivity index (χ1n) is 11.3. The van der Waals surface area contributed by atoms with Crippen LogP contribution < -0.4 is 19.5 Å². The topological polar surface area (TPSA) is 94.2 Å². The number of rotatable bonds is 9. The summed E-state index contributed by atoms with van der Waals surface area (Å²) < 4.78 is 17.1. The van der Waals surface area contributed by atoms with E-state index in [0.717, 1.165) is 22.2 Å². The standard InChI is InChI=1S/C27H21BrCl2N2O6S/c1-36-19-7-5-18(6-8-19)31-24(33)13-32-26(34)23(39-27(32)35)11-15-9-20(28)25(22(10-15)37-2)38-14-16-3-4-17(29)12-21(16)30/h3-12H,13-14H2,1-2H3,(H,31,33)/b23-11+. The lowest BCUT2D eigenvalue weighted by atomic mass is 10.1. The quantitative estimate of drug-likeness (QED) is 0.248. The van der Waals surface area contributed by atoms with Crippen molar-refractivity contribution in [3.63, 3.8) is 0 Å². The summed E-state index contributed by atoms with van der Waals surface area (Å²) in [5.74, 6) is 0.402. The van der Waals surface area contributed by atoms with Gasteiger partial charge in [0, 0.05) is 21.3 Å². The molecule has 1 heterocycles. The van der Waals surface area contributed by atoms with E-state index in [0.29, 0.717) is 43.0 Å². The van der Waals surface area contributed by atoms with Crippen molar-refractivity contribution in [2.45, 2.75) is 6.61 Å². The van der Waals surface area contributed by atoms with Crippen molar-refractivity contribution in [1.82, 2.24) is 4.90 Å². The number of carbonyl (C=O) groups is 3. The second-order valence-corrected chi connectivity index (χ2v) is 10.8. The van der Waals surface area contributed by atoms with E-state index in [4.69, 9.17) is 37.4 Å². The van der Waals surface area contributed by atoms with Gasteiger partial charge in [-0.05, 0) is 87.9 Å². The van der Waals surface area contributed by atoms with Gasteiger partial charge in [-0.3, -0.25) is 19.3 Å². The summed E-state index contributed by atoms with van der Waals surface area (Å²) in [4.78, 5) is 39.0. The van der Waals surface area contributed by atoms with Crippen LogP contribution >= 0.6 is 50.9 Å². The number of hydrogen-bond donors (Lipinski definition) is 1. The highest BCUT2D eigenvalue weighted by Crippen LogP contribution is 2.40. The van der Waals surface area contributed by atoms with Crippen molar-refractivity contribution < 1.29 is 28.6 Å². The number of hydrogen-bond acceptors (Lipinski definition) is 7. The largest absolute Gasteiger partial charge is 0.497 e. The molecule has 1 saturated heterocycles. The molecule has 1 fully saturated rings. The van der Waals surface area contributed by atoms with Crippen molar-refractivity contribution in [3.8, 4) is 17.2 Å². The lowest BCUT2D eigenvalue weighted by Gasteiger charge is -2.14. The molecular formula is C27H21BrCl2N2O6S. The van der Waals surface area contributed by atoms with E-state index >= 15 is 0 Å². The summed E-state index contributed by atoms with van der Waals surface area (Å²) in [5, 5.41) is 3.12. The Kier molecular flexibility index (Phi) is 9.45. The van der Waals surface area contributed by atoms with Crippen LogP contribution in [0.2, 0.25) is 10.0 Å². The average molecular weight is 652 g/mol. The molecule has 4 rings (SSSR count). The molecule has 0 saturated carbocycles. The highest BCUT2D eigenvalue weighted by Gasteiger charge is 2.36. The molecule has 3 amide bonds. The molecular weight excluding hydrogens is 631 g/mol. The van der Waals surface area contributed by atoms with Crippen molar-refractivity contribution in [2.75, 3.05) is 26.1 Å². The molecule has 39 heavy (non-hydrogen) atoms. The molecule has 3 aromatic rings. The van der Waals surface area contributed by atoms with E-state index in [1.165, 1.54) is 14.2 Å². The van der Waals surface area contributed by atoms with Gasteiger partial charge in [0.15, 0.2) is 11.5 Å². The number of halogens is 3. The molecule has 0 aromatic heterocycles.